The van der Waals surface area contributed by atoms with Gasteiger partial charge in [0.2, 0.25) is 0 Å². The van der Waals surface area contributed by atoms with Gasteiger partial charge >= 0.3 is 6.09 Å². The van der Waals surface area contributed by atoms with E-state index in [0.29, 0.717) is 5.02 Å². The van der Waals surface area contributed by atoms with E-state index in [0.717, 1.165) is 29.5 Å². The average Bonchev–Trinajstić information content (AvgIpc) is 2.50. The van der Waals surface area contributed by atoms with Gasteiger partial charge in [-0.3, -0.25) is 0 Å². The van der Waals surface area contributed by atoms with E-state index in [1.807, 2.05) is 24.3 Å². The number of hydrogen-bond acceptors (Lipinski definition) is 1. The van der Waals surface area contributed by atoms with E-state index < -0.39 is 6.09 Å². The third-order valence-electron chi connectivity index (χ3n) is 4.72. The predicted octanol–water partition coefficient (Wildman–Crippen LogP) is 5.29. The van der Waals surface area contributed by atoms with Crippen LogP contribution in [0.2, 0.25) is 5.02 Å². The highest BCUT2D eigenvalue weighted by molar-refractivity contribution is 6.30. The molecule has 0 spiro atoms. The second-order valence-corrected chi connectivity index (χ2v) is 7.23. The Morgan fingerprint density at radius 1 is 1.17 bits per heavy atom. The Labute approximate surface area is 141 Å². The van der Waals surface area contributed by atoms with E-state index >= 15 is 0 Å². The molecular formula is C19H20ClNO2. The fraction of sp³-hybridized carbons (Fsp3) is 0.316. The van der Waals surface area contributed by atoms with Crippen molar-refractivity contribution < 1.29 is 9.90 Å². The van der Waals surface area contributed by atoms with Crippen LogP contribution in [0.15, 0.2) is 42.5 Å². The van der Waals surface area contributed by atoms with Crippen LogP contribution in [0.3, 0.4) is 0 Å². The first-order chi connectivity index (χ1) is 10.9. The van der Waals surface area contributed by atoms with Crippen LogP contribution in [0.4, 0.5) is 4.79 Å². The second kappa shape index (κ2) is 5.89. The normalized spacial score (nSPS) is 19.0. The summed E-state index contributed by atoms with van der Waals surface area (Å²) in [5, 5.41) is 12.6. The summed E-state index contributed by atoms with van der Waals surface area (Å²) in [5.74, 6) is 0. The van der Waals surface area contributed by atoms with Gasteiger partial charge < -0.3 is 10.4 Å². The first-order valence-electron chi connectivity index (χ1n) is 7.75. The van der Waals surface area contributed by atoms with Gasteiger partial charge in [0.25, 0.3) is 0 Å². The number of benzene rings is 2. The van der Waals surface area contributed by atoms with Crippen LogP contribution in [0.5, 0.6) is 0 Å². The highest BCUT2D eigenvalue weighted by Gasteiger charge is 2.37. The quantitative estimate of drug-likeness (QED) is 0.786. The molecule has 0 radical (unpaired) electrons. The van der Waals surface area contributed by atoms with Crippen LogP contribution < -0.4 is 5.32 Å². The summed E-state index contributed by atoms with van der Waals surface area (Å²) in [6.45, 7) is 4.23. The molecule has 0 aliphatic heterocycles. The molecule has 0 bridgehead atoms. The monoisotopic (exact) mass is 329 g/mol. The number of halogens is 1. The summed E-state index contributed by atoms with van der Waals surface area (Å²) in [6.07, 6.45) is 0.958. The Balaban J connectivity index is 2.06. The lowest BCUT2D eigenvalue weighted by atomic mass is 9.70. The molecule has 120 valence electrons. The number of aryl methyl sites for hydroxylation is 1. The number of carboxylic acid groups (broad SMARTS) is 1. The van der Waals surface area contributed by atoms with Crippen molar-refractivity contribution in [3.63, 3.8) is 0 Å². The maximum Gasteiger partial charge on any atom is 0.405 e. The molecule has 3 nitrogen and oxygen atoms in total. The van der Waals surface area contributed by atoms with Crippen LogP contribution in [0.1, 0.15) is 37.4 Å². The smallest absolute Gasteiger partial charge is 0.405 e. The lowest BCUT2D eigenvalue weighted by Gasteiger charge is -2.40. The summed E-state index contributed by atoms with van der Waals surface area (Å²) in [6, 6.07) is 13.8. The van der Waals surface area contributed by atoms with E-state index in [1.165, 1.54) is 5.56 Å². The molecular weight excluding hydrogens is 310 g/mol. The second-order valence-electron chi connectivity index (χ2n) is 6.79. The van der Waals surface area contributed by atoms with Crippen molar-refractivity contribution in [3.8, 4) is 11.1 Å². The molecule has 0 saturated heterocycles. The Morgan fingerprint density at radius 3 is 2.48 bits per heavy atom. The molecule has 23 heavy (non-hydrogen) atoms. The van der Waals surface area contributed by atoms with Gasteiger partial charge in [-0.1, -0.05) is 49.7 Å². The lowest BCUT2D eigenvalue weighted by molar-refractivity contribution is 0.161. The zero-order valence-electron chi connectivity index (χ0n) is 13.3. The first kappa shape index (κ1) is 15.9. The van der Waals surface area contributed by atoms with Crippen LogP contribution >= 0.6 is 11.6 Å². The summed E-state index contributed by atoms with van der Waals surface area (Å²) >= 11 is 5.96. The van der Waals surface area contributed by atoms with E-state index in [9.17, 15) is 9.90 Å². The van der Waals surface area contributed by atoms with Crippen molar-refractivity contribution in [2.75, 3.05) is 0 Å². The largest absolute Gasteiger partial charge is 0.465 e. The van der Waals surface area contributed by atoms with Crippen molar-refractivity contribution in [1.82, 2.24) is 5.32 Å². The summed E-state index contributed by atoms with van der Waals surface area (Å²) in [5.41, 5.74) is 4.35. The maximum absolute atomic E-state index is 11.2. The average molecular weight is 330 g/mol. The zero-order valence-corrected chi connectivity index (χ0v) is 14.0. The highest BCUT2D eigenvalue weighted by Crippen LogP contribution is 2.44. The SMILES string of the molecule is CC1(C)CCc2ccc(-c3ccc(Cl)cc3)cc2[C@H]1NC(=O)O. The van der Waals surface area contributed by atoms with E-state index in [-0.39, 0.29) is 11.5 Å². The van der Waals surface area contributed by atoms with Gasteiger partial charge in [-0.2, -0.15) is 0 Å². The van der Waals surface area contributed by atoms with Crippen LogP contribution in [-0.4, -0.2) is 11.2 Å². The lowest BCUT2D eigenvalue weighted by Crippen LogP contribution is -2.40. The number of nitrogens with one attached hydrogen (secondary N) is 1. The number of amides is 1. The van der Waals surface area contributed by atoms with Crippen molar-refractivity contribution in [2.24, 2.45) is 5.41 Å². The van der Waals surface area contributed by atoms with E-state index in [1.54, 1.807) is 0 Å². The van der Waals surface area contributed by atoms with Crippen LogP contribution in [0.25, 0.3) is 11.1 Å². The Hall–Kier alpha value is -2.00. The van der Waals surface area contributed by atoms with Gasteiger partial charge in [0.15, 0.2) is 0 Å². The van der Waals surface area contributed by atoms with Crippen molar-refractivity contribution in [2.45, 2.75) is 32.7 Å². The Bertz CT molecular complexity index is 738. The molecule has 2 N–H and O–H groups in total. The van der Waals surface area contributed by atoms with E-state index in [2.05, 4.69) is 37.4 Å². The van der Waals surface area contributed by atoms with Crippen LogP contribution in [0, 0.1) is 5.41 Å². The standard InChI is InChI=1S/C19H20ClNO2/c1-19(2)10-9-13-3-4-14(12-5-7-15(20)8-6-12)11-16(13)17(19)21-18(22)23/h3-8,11,17,21H,9-10H2,1-2H3,(H,22,23)/t17-/m1/s1. The molecule has 3 rings (SSSR count). The van der Waals surface area contributed by atoms with Gasteiger partial charge in [0.05, 0.1) is 6.04 Å². The molecule has 0 unspecified atom stereocenters. The molecule has 0 aromatic heterocycles. The van der Waals surface area contributed by atoms with Crippen molar-refractivity contribution in [3.05, 3.63) is 58.6 Å². The molecule has 1 amide bonds. The molecule has 1 aliphatic carbocycles. The minimum absolute atomic E-state index is 0.107. The third-order valence-corrected chi connectivity index (χ3v) is 4.97. The van der Waals surface area contributed by atoms with Gasteiger partial charge in [0.1, 0.15) is 0 Å². The van der Waals surface area contributed by atoms with Gasteiger partial charge in [-0.05, 0) is 58.7 Å². The third kappa shape index (κ3) is 3.20. The molecule has 4 heteroatoms. The maximum atomic E-state index is 11.2. The van der Waals surface area contributed by atoms with Crippen LogP contribution in [-0.2, 0) is 6.42 Å². The predicted molar refractivity (Wildman–Crippen MR) is 92.9 cm³/mol. The molecule has 1 aliphatic rings. The number of carbonyl (C=O) groups is 1. The molecule has 0 saturated carbocycles. The highest BCUT2D eigenvalue weighted by atomic mass is 35.5. The van der Waals surface area contributed by atoms with Crippen molar-refractivity contribution >= 4 is 17.7 Å². The fourth-order valence-electron chi connectivity index (χ4n) is 3.33. The number of hydrogen-bond donors (Lipinski definition) is 2. The molecule has 2 aromatic rings. The van der Waals surface area contributed by atoms with Gasteiger partial charge in [-0.15, -0.1) is 0 Å². The minimum atomic E-state index is -0.979. The zero-order chi connectivity index (χ0) is 16.6. The Kier molecular flexibility index (Phi) is 4.07. The van der Waals surface area contributed by atoms with Crippen molar-refractivity contribution in [1.29, 1.82) is 0 Å². The molecule has 0 fully saturated rings. The summed E-state index contributed by atoms with van der Waals surface area (Å²) < 4.78 is 0. The molecule has 0 heterocycles. The minimum Gasteiger partial charge on any atom is -0.465 e. The molecule has 2 aromatic carbocycles. The molecule has 1 atom stereocenters. The Morgan fingerprint density at radius 2 is 1.83 bits per heavy atom. The van der Waals surface area contributed by atoms with Gasteiger partial charge in [0, 0.05) is 5.02 Å². The number of fused-ring (bicyclic) bond motifs is 1. The number of rotatable bonds is 2. The summed E-state index contributed by atoms with van der Waals surface area (Å²) in [4.78, 5) is 11.2. The fourth-order valence-corrected chi connectivity index (χ4v) is 3.46. The summed E-state index contributed by atoms with van der Waals surface area (Å²) in [7, 11) is 0. The first-order valence-corrected chi connectivity index (χ1v) is 8.13. The van der Waals surface area contributed by atoms with E-state index in [4.69, 9.17) is 11.6 Å². The van der Waals surface area contributed by atoms with Gasteiger partial charge in [-0.25, -0.2) is 4.79 Å². The topological polar surface area (TPSA) is 49.3 Å².